The summed E-state index contributed by atoms with van der Waals surface area (Å²) in [6.45, 7) is 1.99. The Balaban J connectivity index is 1.62. The van der Waals surface area contributed by atoms with Crippen molar-refractivity contribution in [3.8, 4) is 0 Å². The number of piperidine rings is 1. The number of nitrogens with one attached hydrogen (secondary N) is 1. The average Bonchev–Trinajstić information content (AvgIpc) is 3.24. The van der Waals surface area contributed by atoms with Gasteiger partial charge in [0.05, 0.1) is 0 Å². The van der Waals surface area contributed by atoms with E-state index < -0.39 is 10.0 Å². The van der Waals surface area contributed by atoms with Crippen molar-refractivity contribution in [3.63, 3.8) is 0 Å². The third-order valence-electron chi connectivity index (χ3n) is 3.90. The van der Waals surface area contributed by atoms with Crippen molar-refractivity contribution in [1.82, 2.24) is 14.6 Å². The van der Waals surface area contributed by atoms with Crippen molar-refractivity contribution in [2.75, 3.05) is 13.1 Å². The Kier molecular flexibility index (Phi) is 4.12. The maximum Gasteiger partial charge on any atom is 0.242 e. The van der Waals surface area contributed by atoms with E-state index >= 15 is 0 Å². The highest BCUT2D eigenvalue weighted by Crippen LogP contribution is 2.29. The molecule has 2 heterocycles. The predicted octanol–water partition coefficient (Wildman–Crippen LogP) is 1.75. The number of rotatable bonds is 4. The number of aromatic nitrogens is 1. The van der Waals surface area contributed by atoms with Gasteiger partial charge in [-0.3, -0.25) is 4.98 Å². The van der Waals surface area contributed by atoms with E-state index in [1.807, 2.05) is 0 Å². The van der Waals surface area contributed by atoms with Crippen LogP contribution in [-0.2, 0) is 10.0 Å². The Morgan fingerprint density at radius 3 is 2.50 bits per heavy atom. The van der Waals surface area contributed by atoms with Gasteiger partial charge in [0.15, 0.2) is 0 Å². The van der Waals surface area contributed by atoms with E-state index in [4.69, 9.17) is 0 Å². The number of halogens is 1. The second kappa shape index (κ2) is 5.71. The van der Waals surface area contributed by atoms with Crippen molar-refractivity contribution in [2.45, 2.75) is 42.7 Å². The van der Waals surface area contributed by atoms with Crippen LogP contribution in [0.2, 0.25) is 0 Å². The summed E-state index contributed by atoms with van der Waals surface area (Å²) in [5.41, 5.74) is 0. The molecule has 7 heteroatoms. The molecule has 0 aromatic carbocycles. The summed E-state index contributed by atoms with van der Waals surface area (Å²) in [6.07, 6.45) is 7.34. The monoisotopic (exact) mass is 359 g/mol. The van der Waals surface area contributed by atoms with Gasteiger partial charge in [0.1, 0.15) is 4.90 Å². The summed E-state index contributed by atoms with van der Waals surface area (Å²) >= 11 is 3.25. The molecule has 0 spiro atoms. The first-order valence-electron chi connectivity index (χ1n) is 6.91. The van der Waals surface area contributed by atoms with Gasteiger partial charge >= 0.3 is 0 Å². The van der Waals surface area contributed by atoms with E-state index in [-0.39, 0.29) is 10.9 Å². The molecule has 0 atom stereocenters. The zero-order valence-corrected chi connectivity index (χ0v) is 13.5. The zero-order valence-electron chi connectivity index (χ0n) is 11.1. The van der Waals surface area contributed by atoms with E-state index in [2.05, 4.69) is 30.5 Å². The normalized spacial score (nSPS) is 22.1. The summed E-state index contributed by atoms with van der Waals surface area (Å²) in [5.74, 6) is 0. The lowest BCUT2D eigenvalue weighted by molar-refractivity contribution is 0.199. The standard InChI is InChI=1S/C13H18BrN3O2S/c14-10-7-13(9-15-8-10)20(18,19)16-11-3-5-17(6-4-11)12-1-2-12/h7-9,11-12,16H,1-6H2. The number of sulfonamides is 1. The molecule has 0 bridgehead atoms. The summed E-state index contributed by atoms with van der Waals surface area (Å²) in [5, 5.41) is 0. The average molecular weight is 360 g/mol. The highest BCUT2D eigenvalue weighted by atomic mass is 79.9. The first kappa shape index (κ1) is 14.4. The van der Waals surface area contributed by atoms with Gasteiger partial charge in [-0.05, 0) is 60.8 Å². The van der Waals surface area contributed by atoms with Crippen LogP contribution in [0.25, 0.3) is 0 Å². The van der Waals surface area contributed by atoms with Gasteiger partial charge in [0, 0.05) is 29.0 Å². The molecule has 1 aliphatic carbocycles. The van der Waals surface area contributed by atoms with Crippen molar-refractivity contribution in [2.24, 2.45) is 0 Å². The Bertz CT molecular complexity index is 581. The Morgan fingerprint density at radius 2 is 1.90 bits per heavy atom. The molecule has 1 aromatic rings. The van der Waals surface area contributed by atoms with Crippen LogP contribution in [0.15, 0.2) is 27.8 Å². The molecule has 20 heavy (non-hydrogen) atoms. The first-order chi connectivity index (χ1) is 9.54. The quantitative estimate of drug-likeness (QED) is 0.889. The minimum absolute atomic E-state index is 0.0361. The van der Waals surface area contributed by atoms with Gasteiger partial charge in [-0.1, -0.05) is 0 Å². The Hall–Kier alpha value is -0.500. The maximum atomic E-state index is 12.3. The van der Waals surface area contributed by atoms with Crippen molar-refractivity contribution < 1.29 is 8.42 Å². The molecule has 2 fully saturated rings. The van der Waals surface area contributed by atoms with E-state index in [0.29, 0.717) is 4.47 Å². The lowest BCUT2D eigenvalue weighted by atomic mass is 10.1. The molecular weight excluding hydrogens is 342 g/mol. The SMILES string of the molecule is O=S(=O)(NC1CCN(C2CC2)CC1)c1cncc(Br)c1. The largest absolute Gasteiger partial charge is 0.300 e. The third-order valence-corrected chi connectivity index (χ3v) is 5.83. The Morgan fingerprint density at radius 1 is 1.20 bits per heavy atom. The number of hydrogen-bond donors (Lipinski definition) is 1. The van der Waals surface area contributed by atoms with E-state index in [0.717, 1.165) is 32.0 Å². The number of likely N-dealkylation sites (tertiary alicyclic amines) is 1. The molecule has 3 rings (SSSR count). The van der Waals surface area contributed by atoms with Crippen LogP contribution in [-0.4, -0.2) is 43.5 Å². The third kappa shape index (κ3) is 3.39. The van der Waals surface area contributed by atoms with Crippen LogP contribution in [0.1, 0.15) is 25.7 Å². The van der Waals surface area contributed by atoms with Crippen molar-refractivity contribution >= 4 is 26.0 Å². The molecule has 0 unspecified atom stereocenters. The molecule has 1 N–H and O–H groups in total. The summed E-state index contributed by atoms with van der Waals surface area (Å²) in [6, 6.07) is 2.38. The van der Waals surface area contributed by atoms with E-state index in [9.17, 15) is 8.42 Å². The molecule has 1 saturated heterocycles. The summed E-state index contributed by atoms with van der Waals surface area (Å²) in [7, 11) is -3.47. The minimum atomic E-state index is -3.47. The van der Waals surface area contributed by atoms with E-state index in [1.165, 1.54) is 19.0 Å². The topological polar surface area (TPSA) is 62.3 Å². The van der Waals surface area contributed by atoms with Crippen LogP contribution in [0.4, 0.5) is 0 Å². The maximum absolute atomic E-state index is 12.3. The van der Waals surface area contributed by atoms with Crippen molar-refractivity contribution in [3.05, 3.63) is 22.9 Å². The lowest BCUT2D eigenvalue weighted by Gasteiger charge is -2.32. The first-order valence-corrected chi connectivity index (χ1v) is 9.19. The van der Waals surface area contributed by atoms with Gasteiger partial charge in [-0.15, -0.1) is 0 Å². The fourth-order valence-corrected chi connectivity index (χ4v) is 4.46. The molecular formula is C13H18BrN3O2S. The molecule has 0 amide bonds. The summed E-state index contributed by atoms with van der Waals surface area (Å²) in [4.78, 5) is 6.61. The van der Waals surface area contributed by atoms with Crippen LogP contribution >= 0.6 is 15.9 Å². The molecule has 0 radical (unpaired) electrons. The van der Waals surface area contributed by atoms with Crippen LogP contribution in [0, 0.1) is 0 Å². The highest BCUT2D eigenvalue weighted by molar-refractivity contribution is 9.10. The fraction of sp³-hybridized carbons (Fsp3) is 0.615. The zero-order chi connectivity index (χ0) is 14.2. The highest BCUT2D eigenvalue weighted by Gasteiger charge is 2.33. The van der Waals surface area contributed by atoms with Crippen LogP contribution < -0.4 is 4.72 Å². The van der Waals surface area contributed by atoms with Gasteiger partial charge in [0.2, 0.25) is 10.0 Å². The molecule has 2 aliphatic rings. The van der Waals surface area contributed by atoms with Crippen molar-refractivity contribution in [1.29, 1.82) is 0 Å². The minimum Gasteiger partial charge on any atom is -0.300 e. The number of nitrogens with zero attached hydrogens (tertiary/aromatic N) is 2. The van der Waals surface area contributed by atoms with Crippen LogP contribution in [0.5, 0.6) is 0 Å². The van der Waals surface area contributed by atoms with Gasteiger partial charge in [-0.25, -0.2) is 13.1 Å². The fourth-order valence-electron chi connectivity index (χ4n) is 2.65. The smallest absolute Gasteiger partial charge is 0.242 e. The second-order valence-corrected chi connectivity index (χ2v) is 8.13. The lowest BCUT2D eigenvalue weighted by Crippen LogP contribution is -2.45. The Labute approximate surface area is 127 Å². The van der Waals surface area contributed by atoms with E-state index in [1.54, 1.807) is 12.3 Å². The number of pyridine rings is 1. The van der Waals surface area contributed by atoms with Gasteiger partial charge in [-0.2, -0.15) is 0 Å². The molecule has 1 aromatic heterocycles. The predicted molar refractivity (Wildman–Crippen MR) is 79.9 cm³/mol. The molecule has 1 aliphatic heterocycles. The summed E-state index contributed by atoms with van der Waals surface area (Å²) < 4.78 is 28.1. The van der Waals surface area contributed by atoms with Crippen LogP contribution in [0.3, 0.4) is 0 Å². The second-order valence-electron chi connectivity index (χ2n) is 5.50. The molecule has 110 valence electrons. The van der Waals surface area contributed by atoms with Gasteiger partial charge in [0.25, 0.3) is 0 Å². The molecule has 1 saturated carbocycles. The van der Waals surface area contributed by atoms with Gasteiger partial charge < -0.3 is 4.90 Å². The molecule has 5 nitrogen and oxygen atoms in total. The number of hydrogen-bond acceptors (Lipinski definition) is 4.